The molecular weight excluding hydrogens is 623 g/mol. The highest BCUT2D eigenvalue weighted by atomic mass is 15.1. The van der Waals surface area contributed by atoms with Gasteiger partial charge in [0.25, 0.3) is 0 Å². The number of pyridine rings is 1. The molecule has 0 N–H and O–H groups in total. The number of aryl methyl sites for hydroxylation is 3. The third-order valence-corrected chi connectivity index (χ3v) is 9.78. The zero-order chi connectivity index (χ0) is 34.5. The number of hydrogen-bond acceptors (Lipinski definition) is 3. The van der Waals surface area contributed by atoms with Gasteiger partial charge in [0.1, 0.15) is 5.82 Å². The first kappa shape index (κ1) is 30.5. The van der Waals surface area contributed by atoms with E-state index in [1.807, 2.05) is 24.4 Å². The van der Waals surface area contributed by atoms with Crippen LogP contribution in [0.1, 0.15) is 39.5 Å². The van der Waals surface area contributed by atoms with Gasteiger partial charge in [0.2, 0.25) is 0 Å². The van der Waals surface area contributed by atoms with E-state index >= 15 is 0 Å². The number of para-hydroxylation sites is 1. The number of hydrogen-bond donors (Lipinski definition) is 0. The van der Waals surface area contributed by atoms with E-state index in [1.54, 1.807) is 0 Å². The lowest BCUT2D eigenvalue weighted by molar-refractivity contribution is 1.08. The minimum atomic E-state index is 0.839. The van der Waals surface area contributed by atoms with Gasteiger partial charge in [-0.2, -0.15) is 0 Å². The lowest BCUT2D eigenvalue weighted by Crippen LogP contribution is -1.97. The van der Waals surface area contributed by atoms with Crippen LogP contribution in [0.4, 0.5) is 0 Å². The number of aromatic nitrogens is 5. The van der Waals surface area contributed by atoms with Crippen LogP contribution < -0.4 is 0 Å². The van der Waals surface area contributed by atoms with Crippen LogP contribution >= 0.6 is 0 Å². The number of rotatable bonds is 4. The van der Waals surface area contributed by atoms with Crippen molar-refractivity contribution in [1.82, 2.24) is 24.1 Å². The van der Waals surface area contributed by atoms with E-state index in [-0.39, 0.29) is 0 Å². The first-order valence-corrected chi connectivity index (χ1v) is 17.3. The summed E-state index contributed by atoms with van der Waals surface area (Å²) in [6, 6.07) is 45.0. The van der Waals surface area contributed by atoms with Crippen molar-refractivity contribution in [3.63, 3.8) is 0 Å². The summed E-state index contributed by atoms with van der Waals surface area (Å²) in [4.78, 5) is 15.1. The van der Waals surface area contributed by atoms with Crippen LogP contribution in [0.25, 0.3) is 80.1 Å². The highest BCUT2D eigenvalue weighted by Gasteiger charge is 2.24. The van der Waals surface area contributed by atoms with Crippen LogP contribution in [0.5, 0.6) is 0 Å². The van der Waals surface area contributed by atoms with Crippen LogP contribution in [0, 0.1) is 20.8 Å². The quantitative estimate of drug-likeness (QED) is 0.189. The van der Waals surface area contributed by atoms with E-state index in [0.29, 0.717) is 0 Å². The molecule has 5 heteroatoms. The summed E-state index contributed by atoms with van der Waals surface area (Å²) in [6.07, 6.45) is 10.2. The Morgan fingerprint density at radius 2 is 0.902 bits per heavy atom. The van der Waals surface area contributed by atoms with Crippen LogP contribution in [0.3, 0.4) is 0 Å². The number of nitrogens with zero attached hydrogens (tertiary/aromatic N) is 5. The maximum atomic E-state index is 5.20. The molecule has 244 valence electrons. The highest BCUT2D eigenvalue weighted by molar-refractivity contribution is 6.06. The molecule has 0 spiro atoms. The molecule has 0 saturated carbocycles. The van der Waals surface area contributed by atoms with Gasteiger partial charge in [-0.25, -0.2) is 15.0 Å². The summed E-state index contributed by atoms with van der Waals surface area (Å²) in [5.74, 6) is 0.839. The Balaban J connectivity index is 1.52. The minimum Gasteiger partial charge on any atom is -0.309 e. The molecule has 3 aromatic carbocycles. The third kappa shape index (κ3) is 5.40. The van der Waals surface area contributed by atoms with Gasteiger partial charge in [-0.15, -0.1) is 0 Å². The van der Waals surface area contributed by atoms with E-state index in [0.717, 1.165) is 56.3 Å². The SMILES string of the molecule is Cc1ccccc1-c1c(-c2ccccc2C)c2cc3nc(cc4ccc(cc5nc(cc1n2-c1ccccc1C)C=C5)n4-c1ccccn1)C=C3. The van der Waals surface area contributed by atoms with E-state index in [4.69, 9.17) is 15.0 Å². The zero-order valence-electron chi connectivity index (χ0n) is 28.7. The number of benzene rings is 3. The molecule has 0 atom stereocenters. The van der Waals surface area contributed by atoms with E-state index < -0.39 is 0 Å². The molecule has 51 heavy (non-hydrogen) atoms. The molecule has 9 rings (SSSR count). The lowest BCUT2D eigenvalue weighted by Gasteiger charge is -2.11. The van der Waals surface area contributed by atoms with Gasteiger partial charge in [0, 0.05) is 34.0 Å². The van der Waals surface area contributed by atoms with E-state index in [9.17, 15) is 0 Å². The monoisotopic (exact) mass is 657 g/mol. The van der Waals surface area contributed by atoms with Crippen molar-refractivity contribution in [3.8, 4) is 33.8 Å². The summed E-state index contributed by atoms with van der Waals surface area (Å²) in [5, 5.41) is 0. The molecule has 5 nitrogen and oxygen atoms in total. The fourth-order valence-electron chi connectivity index (χ4n) is 7.35. The van der Waals surface area contributed by atoms with Crippen LogP contribution in [-0.4, -0.2) is 24.1 Å². The van der Waals surface area contributed by atoms with Crippen molar-refractivity contribution >= 4 is 46.4 Å². The summed E-state index contributed by atoms with van der Waals surface area (Å²) >= 11 is 0. The van der Waals surface area contributed by atoms with Gasteiger partial charge >= 0.3 is 0 Å². The molecule has 6 heterocycles. The molecule has 0 saturated heterocycles. The van der Waals surface area contributed by atoms with Crippen molar-refractivity contribution in [2.24, 2.45) is 0 Å². The van der Waals surface area contributed by atoms with Crippen molar-refractivity contribution in [2.45, 2.75) is 20.8 Å². The molecule has 0 radical (unpaired) electrons. The van der Waals surface area contributed by atoms with Gasteiger partial charge < -0.3 is 4.57 Å². The standard InChI is InChI=1S/C46H35N5/c1-30-12-4-7-15-39(30)45-42-28-35-21-19-33(48-35)26-37-23-24-38(50(37)44-18-10-11-25-47-44)27-34-20-22-36(49-34)29-43(46(45)40-16-8-5-13-31(40)2)51(42)41-17-9-6-14-32(41)3/h4-29H,1-3H3. The lowest BCUT2D eigenvalue weighted by atomic mass is 9.91. The average molecular weight is 658 g/mol. The Morgan fingerprint density at radius 1 is 0.431 bits per heavy atom. The second-order valence-electron chi connectivity index (χ2n) is 13.1. The van der Waals surface area contributed by atoms with Gasteiger partial charge in [-0.05, 0) is 127 Å². The van der Waals surface area contributed by atoms with Gasteiger partial charge in [-0.3, -0.25) is 4.57 Å². The van der Waals surface area contributed by atoms with Gasteiger partial charge in [0.05, 0.1) is 33.8 Å². The Morgan fingerprint density at radius 3 is 1.39 bits per heavy atom. The zero-order valence-corrected chi connectivity index (χ0v) is 28.7. The van der Waals surface area contributed by atoms with Crippen LogP contribution in [0.15, 0.2) is 134 Å². The normalized spacial score (nSPS) is 12.1. The Bertz CT molecular complexity index is 2580. The van der Waals surface area contributed by atoms with Crippen molar-refractivity contribution in [1.29, 1.82) is 0 Å². The van der Waals surface area contributed by atoms with Crippen molar-refractivity contribution in [2.75, 3.05) is 0 Å². The molecular formula is C46H35N5. The molecule has 0 fully saturated rings. The highest BCUT2D eigenvalue weighted by Crippen LogP contribution is 2.45. The molecule has 7 aromatic rings. The van der Waals surface area contributed by atoms with E-state index in [1.165, 1.54) is 38.9 Å². The maximum Gasteiger partial charge on any atom is 0.137 e. The Kier molecular flexibility index (Phi) is 7.40. The second kappa shape index (κ2) is 12.4. The molecule has 8 bridgehead atoms. The van der Waals surface area contributed by atoms with Crippen LogP contribution in [0.2, 0.25) is 0 Å². The second-order valence-corrected chi connectivity index (χ2v) is 13.1. The molecule has 4 aromatic heterocycles. The summed E-state index contributed by atoms with van der Waals surface area (Å²) in [7, 11) is 0. The minimum absolute atomic E-state index is 0.839. The smallest absolute Gasteiger partial charge is 0.137 e. The summed E-state index contributed by atoms with van der Waals surface area (Å²) in [5.41, 5.74) is 17.0. The molecule has 0 amide bonds. The van der Waals surface area contributed by atoms with Gasteiger partial charge in [-0.1, -0.05) is 72.8 Å². The topological polar surface area (TPSA) is 48.5 Å². The molecule has 0 unspecified atom stereocenters. The Labute approximate surface area is 297 Å². The predicted octanol–water partition coefficient (Wildman–Crippen LogP) is 11.2. The number of fused-ring (bicyclic) bond motifs is 8. The maximum absolute atomic E-state index is 5.20. The van der Waals surface area contributed by atoms with Crippen molar-refractivity contribution in [3.05, 3.63) is 173 Å². The molecule has 2 aliphatic heterocycles. The average Bonchev–Trinajstić information content (AvgIpc) is 3.93. The molecule has 2 aliphatic rings. The Hall–Kier alpha value is -6.59. The summed E-state index contributed by atoms with van der Waals surface area (Å²) in [6.45, 7) is 6.58. The van der Waals surface area contributed by atoms with Gasteiger partial charge in [0.15, 0.2) is 0 Å². The predicted molar refractivity (Wildman–Crippen MR) is 212 cm³/mol. The fraction of sp³-hybridized carbons (Fsp3) is 0.0652. The summed E-state index contributed by atoms with van der Waals surface area (Å²) < 4.78 is 4.57. The third-order valence-electron chi connectivity index (χ3n) is 9.78. The first-order valence-electron chi connectivity index (χ1n) is 17.3. The largest absolute Gasteiger partial charge is 0.309 e. The molecule has 0 aliphatic carbocycles. The van der Waals surface area contributed by atoms with Crippen molar-refractivity contribution < 1.29 is 0 Å². The fourth-order valence-corrected chi connectivity index (χ4v) is 7.35. The van der Waals surface area contributed by atoms with Crippen LogP contribution in [-0.2, 0) is 0 Å². The first-order chi connectivity index (χ1) is 25.0. The van der Waals surface area contributed by atoms with E-state index in [2.05, 4.69) is 163 Å².